The molecule has 0 aromatic heterocycles. The van der Waals surface area contributed by atoms with Crippen molar-refractivity contribution in [3.8, 4) is 5.75 Å². The third-order valence-corrected chi connectivity index (χ3v) is 11.4. The number of carboxylic acid groups (broad SMARTS) is 1. The highest BCUT2D eigenvalue weighted by Crippen LogP contribution is 2.43. The summed E-state index contributed by atoms with van der Waals surface area (Å²) in [6, 6.07) is -5.99. The molecule has 1 aliphatic heterocycles. The number of hydrogen-bond donors (Lipinski definition) is 9. The number of ether oxygens (including phenoxy) is 3. The van der Waals surface area contributed by atoms with Gasteiger partial charge in [-0.05, 0) is 112 Å². The Hall–Kier alpha value is -5.71. The van der Waals surface area contributed by atoms with E-state index in [9.17, 15) is 47.1 Å². The lowest BCUT2D eigenvalue weighted by Crippen LogP contribution is -2.58. The van der Waals surface area contributed by atoms with Crippen LogP contribution in [0.15, 0.2) is 9.89 Å². The number of alkyl carbamates (subject to hydrolysis) is 1. The number of methoxy groups -OCH3 is 1. The summed E-state index contributed by atoms with van der Waals surface area (Å²) in [5, 5.41) is 19.1. The molecule has 0 unspecified atom stereocenters. The van der Waals surface area contributed by atoms with Gasteiger partial charge in [-0.2, -0.15) is 0 Å². The molecular formula is C40H65N9O13S. The van der Waals surface area contributed by atoms with Gasteiger partial charge in [0, 0.05) is 30.5 Å². The summed E-state index contributed by atoms with van der Waals surface area (Å²) < 4.78 is 45.5. The number of benzene rings is 1. The average molecular weight is 912 g/mol. The SMILES string of the molecule is COC(=O)[C@H](CCCN=C(N)NS(=O)(=O)c1c(C)c(C)c2c(c1C)OC(C)(C)C2)NC(=O)[C@H](CC(=O)O)NC(=O)[C@H](CCC(N)=O)NC(=O)[C@H](CCCCN)NC(=O)OC(C)(C)C. The molecule has 354 valence electrons. The smallest absolute Gasteiger partial charge is 0.408 e. The van der Waals surface area contributed by atoms with Crippen LogP contribution in [-0.4, -0.2) is 117 Å². The number of fused-ring (bicyclic) bond motifs is 1. The number of aliphatic carboxylic acids is 1. The van der Waals surface area contributed by atoms with E-state index in [0.29, 0.717) is 42.7 Å². The first-order chi connectivity index (χ1) is 29.1. The van der Waals surface area contributed by atoms with Crippen molar-refractivity contribution in [3.63, 3.8) is 0 Å². The fourth-order valence-corrected chi connectivity index (χ4v) is 8.24. The third kappa shape index (κ3) is 16.8. The molecule has 0 radical (unpaired) electrons. The highest BCUT2D eigenvalue weighted by molar-refractivity contribution is 7.90. The van der Waals surface area contributed by atoms with E-state index in [1.54, 1.807) is 34.6 Å². The van der Waals surface area contributed by atoms with E-state index in [4.69, 9.17) is 31.4 Å². The maximum Gasteiger partial charge on any atom is 0.408 e. The highest BCUT2D eigenvalue weighted by Gasteiger charge is 2.37. The van der Waals surface area contributed by atoms with E-state index in [0.717, 1.165) is 18.2 Å². The number of amides is 5. The normalized spacial score (nSPS) is 15.3. The van der Waals surface area contributed by atoms with Gasteiger partial charge in [-0.1, -0.05) is 0 Å². The molecule has 5 amide bonds. The van der Waals surface area contributed by atoms with Crippen molar-refractivity contribution in [2.75, 3.05) is 20.2 Å². The Kier molecular flexibility index (Phi) is 19.6. The number of nitrogens with two attached hydrogens (primary N) is 3. The molecule has 22 nitrogen and oxygen atoms in total. The highest BCUT2D eigenvalue weighted by atomic mass is 32.2. The lowest BCUT2D eigenvalue weighted by Gasteiger charge is -2.26. The molecule has 1 heterocycles. The van der Waals surface area contributed by atoms with E-state index in [1.807, 2.05) is 20.8 Å². The van der Waals surface area contributed by atoms with Gasteiger partial charge < -0.3 is 57.8 Å². The standard InChI is InChI=1S/C40H65N9O13S/c1-21-22(2)32(23(3)31-24(21)20-40(7,8)61-31)63(58,59)49-37(43)44-18-12-14-27(36(56)60-9)46-35(55)28(19-30(51)52)47-34(54)26(15-16-29(42)50)45-33(53)25(13-10-11-17-41)48-38(57)62-39(4,5)6/h25-28H,10-20,41H2,1-9H3,(H2,42,50)(H,45,53)(H,46,55)(H,47,54)(H,48,57)(H,51,52)(H3,43,44,49)/t25-,26-,27-,28-/m0/s1. The van der Waals surface area contributed by atoms with Gasteiger partial charge in [0.25, 0.3) is 10.0 Å². The van der Waals surface area contributed by atoms with Gasteiger partial charge >= 0.3 is 18.0 Å². The number of rotatable bonds is 23. The largest absolute Gasteiger partial charge is 0.487 e. The van der Waals surface area contributed by atoms with Crippen LogP contribution < -0.4 is 47.9 Å². The van der Waals surface area contributed by atoms with Crippen LogP contribution in [0.3, 0.4) is 0 Å². The van der Waals surface area contributed by atoms with Gasteiger partial charge in [0.1, 0.15) is 41.1 Å². The number of carbonyl (C=O) groups excluding carboxylic acids is 6. The molecule has 23 heteroatoms. The fraction of sp³-hybridized carbons (Fsp3) is 0.650. The number of aliphatic imine (C=N–C) groups is 1. The fourth-order valence-electron chi connectivity index (χ4n) is 6.74. The van der Waals surface area contributed by atoms with Crippen molar-refractivity contribution in [2.24, 2.45) is 22.2 Å². The van der Waals surface area contributed by atoms with Crippen LogP contribution in [0.5, 0.6) is 5.75 Å². The van der Waals surface area contributed by atoms with Crippen LogP contribution in [0, 0.1) is 20.8 Å². The summed E-state index contributed by atoms with van der Waals surface area (Å²) in [5.41, 5.74) is 18.1. The van der Waals surface area contributed by atoms with Crippen LogP contribution in [-0.2, 0) is 54.7 Å². The molecule has 0 spiro atoms. The second kappa shape index (κ2) is 23.1. The van der Waals surface area contributed by atoms with Gasteiger partial charge in [0.15, 0.2) is 0 Å². The first kappa shape index (κ1) is 53.4. The zero-order valence-corrected chi connectivity index (χ0v) is 38.3. The number of carbonyl (C=O) groups is 7. The summed E-state index contributed by atoms with van der Waals surface area (Å²) in [6.07, 6.45) is -1.21. The Morgan fingerprint density at radius 3 is 1.94 bits per heavy atom. The molecule has 63 heavy (non-hydrogen) atoms. The second-order valence-electron chi connectivity index (χ2n) is 16.9. The van der Waals surface area contributed by atoms with Crippen molar-refractivity contribution < 1.29 is 61.3 Å². The van der Waals surface area contributed by atoms with Crippen LogP contribution >= 0.6 is 0 Å². The van der Waals surface area contributed by atoms with E-state index in [-0.39, 0.29) is 37.1 Å². The number of nitrogens with one attached hydrogen (secondary N) is 5. The molecule has 0 saturated carbocycles. The van der Waals surface area contributed by atoms with Gasteiger partial charge in [-0.3, -0.25) is 29.0 Å². The van der Waals surface area contributed by atoms with Gasteiger partial charge in [0.05, 0.1) is 18.4 Å². The summed E-state index contributed by atoms with van der Waals surface area (Å²) in [6.45, 7) is 14.0. The lowest BCUT2D eigenvalue weighted by molar-refractivity contribution is -0.146. The van der Waals surface area contributed by atoms with Gasteiger partial charge in [-0.15, -0.1) is 0 Å². The van der Waals surface area contributed by atoms with Crippen molar-refractivity contribution in [3.05, 3.63) is 22.3 Å². The Labute approximate surface area is 368 Å². The number of nitrogens with zero attached hydrogens (tertiary/aromatic N) is 1. The predicted molar refractivity (Wildman–Crippen MR) is 230 cm³/mol. The third-order valence-electron chi connectivity index (χ3n) is 9.81. The first-order valence-electron chi connectivity index (χ1n) is 20.5. The van der Waals surface area contributed by atoms with Crippen LogP contribution in [0.4, 0.5) is 4.79 Å². The Morgan fingerprint density at radius 1 is 0.825 bits per heavy atom. The maximum absolute atomic E-state index is 13.6. The quantitative estimate of drug-likeness (QED) is 0.0304. The topological polar surface area (TPSA) is 352 Å². The molecule has 0 fully saturated rings. The van der Waals surface area contributed by atoms with Crippen LogP contribution in [0.25, 0.3) is 0 Å². The summed E-state index contributed by atoms with van der Waals surface area (Å²) >= 11 is 0. The van der Waals surface area contributed by atoms with Crippen LogP contribution in [0.1, 0.15) is 108 Å². The van der Waals surface area contributed by atoms with Crippen molar-refractivity contribution in [1.82, 2.24) is 26.0 Å². The Bertz CT molecular complexity index is 2020. The minimum atomic E-state index is -4.23. The summed E-state index contributed by atoms with van der Waals surface area (Å²) in [7, 11) is -3.18. The van der Waals surface area contributed by atoms with Crippen molar-refractivity contribution in [2.45, 2.75) is 153 Å². The molecular weight excluding hydrogens is 847 g/mol. The predicted octanol–water partition coefficient (Wildman–Crippen LogP) is 0.0885. The average Bonchev–Trinajstić information content (AvgIpc) is 3.49. The molecule has 0 saturated heterocycles. The molecule has 0 bridgehead atoms. The lowest BCUT2D eigenvalue weighted by atomic mass is 9.93. The van der Waals surface area contributed by atoms with Crippen molar-refractivity contribution in [1.29, 1.82) is 0 Å². The van der Waals surface area contributed by atoms with E-state index < -0.39 is 106 Å². The summed E-state index contributed by atoms with van der Waals surface area (Å²) in [4.78, 5) is 93.5. The molecule has 4 atom stereocenters. The number of carboxylic acids is 1. The number of primary amides is 1. The zero-order chi connectivity index (χ0) is 48.0. The van der Waals surface area contributed by atoms with Crippen LogP contribution in [0.2, 0.25) is 0 Å². The first-order valence-corrected chi connectivity index (χ1v) is 21.9. The summed E-state index contributed by atoms with van der Waals surface area (Å²) in [5.74, 6) is -6.29. The molecule has 0 aliphatic carbocycles. The Morgan fingerprint density at radius 2 is 1.38 bits per heavy atom. The number of guanidine groups is 1. The minimum absolute atomic E-state index is 0.00497. The van der Waals surface area contributed by atoms with E-state index in [1.165, 1.54) is 0 Å². The second-order valence-corrected chi connectivity index (χ2v) is 18.5. The minimum Gasteiger partial charge on any atom is -0.487 e. The van der Waals surface area contributed by atoms with E-state index in [2.05, 4.69) is 31.0 Å². The molecule has 1 aromatic carbocycles. The monoisotopic (exact) mass is 911 g/mol. The number of hydrogen-bond acceptors (Lipinski definition) is 14. The maximum atomic E-state index is 13.6. The van der Waals surface area contributed by atoms with E-state index >= 15 is 0 Å². The molecule has 2 rings (SSSR count). The number of esters is 1. The van der Waals surface area contributed by atoms with Crippen molar-refractivity contribution >= 4 is 57.6 Å². The number of sulfonamides is 1. The van der Waals surface area contributed by atoms with Gasteiger partial charge in [-0.25, -0.2) is 22.7 Å². The molecule has 1 aliphatic rings. The molecule has 12 N–H and O–H groups in total. The van der Waals surface area contributed by atoms with Gasteiger partial charge in [0.2, 0.25) is 29.6 Å². The Balaban J connectivity index is 2.22. The zero-order valence-electron chi connectivity index (χ0n) is 37.5. The molecule has 1 aromatic rings. The number of unbranched alkanes of at least 4 members (excludes halogenated alkanes) is 1.